The molecule has 0 aromatic heterocycles. The summed E-state index contributed by atoms with van der Waals surface area (Å²) in [6.07, 6.45) is 9.87. The number of ether oxygens (including phenoxy) is 1. The van der Waals surface area contributed by atoms with Crippen molar-refractivity contribution in [2.45, 2.75) is 51.2 Å². The maximum atomic E-state index is 12.1. The molecule has 1 fully saturated rings. The maximum Gasteiger partial charge on any atom is 0.331 e. The van der Waals surface area contributed by atoms with Gasteiger partial charge in [0.25, 0.3) is 0 Å². The van der Waals surface area contributed by atoms with Gasteiger partial charge in [-0.3, -0.25) is 4.79 Å². The van der Waals surface area contributed by atoms with Gasteiger partial charge < -0.3 is 9.84 Å². The summed E-state index contributed by atoms with van der Waals surface area (Å²) in [7, 11) is 0. The van der Waals surface area contributed by atoms with Gasteiger partial charge in [-0.25, -0.2) is 4.79 Å². The number of rotatable bonds is 0. The summed E-state index contributed by atoms with van der Waals surface area (Å²) < 4.78 is 5.19. The Morgan fingerprint density at radius 2 is 2.05 bits per heavy atom. The van der Waals surface area contributed by atoms with Crippen LogP contribution < -0.4 is 0 Å². The number of esters is 1. The molecule has 110 valence electrons. The van der Waals surface area contributed by atoms with Crippen molar-refractivity contribution in [3.8, 4) is 0 Å². The Hall–Kier alpha value is -1.42. The molecule has 1 aliphatic heterocycles. The van der Waals surface area contributed by atoms with Gasteiger partial charge in [-0.2, -0.15) is 0 Å². The molecule has 1 saturated carbocycles. The molecule has 4 heteroatoms. The molecule has 0 radical (unpaired) electrons. The molecule has 0 unspecified atom stereocenters. The van der Waals surface area contributed by atoms with Crippen molar-refractivity contribution in [3.05, 3.63) is 24.3 Å². The Bertz CT molecular complexity index is 424. The molecule has 2 rings (SSSR count). The molecular weight excluding hydrogens is 256 g/mol. The van der Waals surface area contributed by atoms with Crippen LogP contribution in [0.15, 0.2) is 24.3 Å². The van der Waals surface area contributed by atoms with Crippen molar-refractivity contribution in [2.24, 2.45) is 11.8 Å². The lowest BCUT2D eigenvalue weighted by atomic mass is 9.91. The fraction of sp³-hybridized carbons (Fsp3) is 0.625. The second kappa shape index (κ2) is 6.84. The summed E-state index contributed by atoms with van der Waals surface area (Å²) >= 11 is 0. The van der Waals surface area contributed by atoms with Gasteiger partial charge in [-0.15, -0.1) is 0 Å². The number of carbonyl (C=O) groups is 2. The first-order chi connectivity index (χ1) is 9.56. The number of hydrogen-bond donors (Lipinski definition) is 1. The largest absolute Gasteiger partial charge is 0.460 e. The van der Waals surface area contributed by atoms with Crippen molar-refractivity contribution in [1.29, 1.82) is 0 Å². The molecule has 1 heterocycles. The Labute approximate surface area is 119 Å². The molecule has 0 saturated heterocycles. The van der Waals surface area contributed by atoms with Gasteiger partial charge in [-0.05, 0) is 51.0 Å². The number of aliphatic hydroxyl groups excluding tert-OH is 1. The van der Waals surface area contributed by atoms with Crippen molar-refractivity contribution in [3.63, 3.8) is 0 Å². The standard InChI is InChI=1S/C16H22O4/c1-11-5-3-2-4-6-12-9-13(17)10-14(12)15(18)7-8-16(19)20-11/h4,6-8,11-14,17H,2-3,5,9-10H2,1H3/b6-4+,8-7+/t11-,12+,13-,14-/m0/s1. The molecule has 1 N–H and O–H groups in total. The van der Waals surface area contributed by atoms with E-state index in [0.29, 0.717) is 12.8 Å². The highest BCUT2D eigenvalue weighted by atomic mass is 16.5. The molecular formula is C16H22O4. The highest BCUT2D eigenvalue weighted by molar-refractivity contribution is 5.97. The van der Waals surface area contributed by atoms with Crippen LogP contribution in [-0.2, 0) is 14.3 Å². The number of aliphatic hydroxyl groups is 1. The number of hydrogen-bond acceptors (Lipinski definition) is 4. The van der Waals surface area contributed by atoms with Gasteiger partial charge in [0.15, 0.2) is 5.78 Å². The summed E-state index contributed by atoms with van der Waals surface area (Å²) in [5.74, 6) is -0.701. The van der Waals surface area contributed by atoms with E-state index in [-0.39, 0.29) is 23.7 Å². The zero-order valence-corrected chi connectivity index (χ0v) is 11.8. The molecule has 20 heavy (non-hydrogen) atoms. The summed E-state index contributed by atoms with van der Waals surface area (Å²) in [4.78, 5) is 23.7. The highest BCUT2D eigenvalue weighted by Crippen LogP contribution is 2.34. The lowest BCUT2D eigenvalue weighted by Crippen LogP contribution is -2.17. The van der Waals surface area contributed by atoms with Crippen LogP contribution in [0.4, 0.5) is 0 Å². The zero-order valence-electron chi connectivity index (χ0n) is 11.8. The lowest BCUT2D eigenvalue weighted by molar-refractivity contribution is -0.142. The summed E-state index contributed by atoms with van der Waals surface area (Å²) in [6, 6.07) is 0. The van der Waals surface area contributed by atoms with E-state index in [2.05, 4.69) is 12.2 Å². The second-order valence-corrected chi connectivity index (χ2v) is 5.74. The van der Waals surface area contributed by atoms with Crippen molar-refractivity contribution < 1.29 is 19.4 Å². The molecule has 0 amide bonds. The second-order valence-electron chi connectivity index (χ2n) is 5.74. The van der Waals surface area contributed by atoms with E-state index in [1.165, 1.54) is 12.2 Å². The van der Waals surface area contributed by atoms with Crippen LogP contribution in [0.25, 0.3) is 0 Å². The van der Waals surface area contributed by atoms with Crippen LogP contribution in [0.5, 0.6) is 0 Å². The molecule has 4 nitrogen and oxygen atoms in total. The number of cyclic esters (lactones) is 1. The maximum absolute atomic E-state index is 12.1. The Balaban J connectivity index is 2.13. The molecule has 0 spiro atoms. The number of fused-ring (bicyclic) bond motifs is 1. The van der Waals surface area contributed by atoms with Gasteiger partial charge in [0.05, 0.1) is 12.2 Å². The monoisotopic (exact) mass is 278 g/mol. The third-order valence-electron chi connectivity index (χ3n) is 4.02. The summed E-state index contributed by atoms with van der Waals surface area (Å²) in [5, 5.41) is 9.74. The third kappa shape index (κ3) is 4.04. The van der Waals surface area contributed by atoms with Gasteiger partial charge in [0, 0.05) is 12.0 Å². The third-order valence-corrected chi connectivity index (χ3v) is 4.02. The van der Waals surface area contributed by atoms with Gasteiger partial charge in [-0.1, -0.05) is 12.2 Å². The fourth-order valence-corrected chi connectivity index (χ4v) is 2.95. The van der Waals surface area contributed by atoms with Crippen molar-refractivity contribution in [1.82, 2.24) is 0 Å². The molecule has 1 aliphatic carbocycles. The van der Waals surface area contributed by atoms with Gasteiger partial charge in [0.2, 0.25) is 0 Å². The van der Waals surface area contributed by atoms with Crippen LogP contribution in [0.3, 0.4) is 0 Å². The predicted molar refractivity (Wildman–Crippen MR) is 74.9 cm³/mol. The van der Waals surface area contributed by atoms with Crippen molar-refractivity contribution >= 4 is 11.8 Å². The van der Waals surface area contributed by atoms with E-state index in [1.807, 2.05) is 6.92 Å². The average Bonchev–Trinajstić information content (AvgIpc) is 2.76. The topological polar surface area (TPSA) is 63.6 Å². The Morgan fingerprint density at radius 3 is 2.85 bits per heavy atom. The molecule has 0 aromatic rings. The quantitative estimate of drug-likeness (QED) is 0.545. The summed E-state index contributed by atoms with van der Waals surface area (Å²) in [5.41, 5.74) is 0. The fourth-order valence-electron chi connectivity index (χ4n) is 2.95. The van der Waals surface area contributed by atoms with E-state index < -0.39 is 12.1 Å². The first kappa shape index (κ1) is 15.0. The van der Waals surface area contributed by atoms with Crippen molar-refractivity contribution in [2.75, 3.05) is 0 Å². The van der Waals surface area contributed by atoms with Crippen LogP contribution >= 0.6 is 0 Å². The number of ketones is 1. The zero-order chi connectivity index (χ0) is 14.5. The molecule has 4 atom stereocenters. The Kier molecular flexibility index (Phi) is 5.12. The smallest absolute Gasteiger partial charge is 0.331 e. The van der Waals surface area contributed by atoms with E-state index in [9.17, 15) is 14.7 Å². The minimum absolute atomic E-state index is 0.0800. The van der Waals surface area contributed by atoms with E-state index >= 15 is 0 Å². The molecule has 2 aliphatic rings. The predicted octanol–water partition coefficient (Wildman–Crippen LogP) is 2.17. The van der Waals surface area contributed by atoms with Crippen LogP contribution in [0.1, 0.15) is 39.0 Å². The van der Waals surface area contributed by atoms with Crippen LogP contribution in [0, 0.1) is 11.8 Å². The van der Waals surface area contributed by atoms with Gasteiger partial charge in [0.1, 0.15) is 0 Å². The first-order valence-corrected chi connectivity index (χ1v) is 7.33. The minimum Gasteiger partial charge on any atom is -0.460 e. The number of carbonyl (C=O) groups excluding carboxylic acids is 2. The molecule has 0 aromatic carbocycles. The first-order valence-electron chi connectivity index (χ1n) is 7.33. The normalized spacial score (nSPS) is 38.9. The van der Waals surface area contributed by atoms with E-state index in [1.54, 1.807) is 0 Å². The molecule has 0 bridgehead atoms. The average molecular weight is 278 g/mol. The highest BCUT2D eigenvalue weighted by Gasteiger charge is 2.35. The summed E-state index contributed by atoms with van der Waals surface area (Å²) in [6.45, 7) is 1.86. The number of allylic oxidation sites excluding steroid dienone is 3. The lowest BCUT2D eigenvalue weighted by Gasteiger charge is -2.12. The van der Waals surface area contributed by atoms with Gasteiger partial charge >= 0.3 is 5.97 Å². The van der Waals surface area contributed by atoms with Crippen LogP contribution in [-0.4, -0.2) is 29.1 Å². The van der Waals surface area contributed by atoms with Crippen LogP contribution in [0.2, 0.25) is 0 Å². The Morgan fingerprint density at radius 1 is 1.25 bits per heavy atom. The SMILES string of the molecule is C[C@H]1CCC/C=C/[C@@H]2C[C@H](O)C[C@@H]2C(=O)/C=C/C(=O)O1. The minimum atomic E-state index is -0.465. The van der Waals surface area contributed by atoms with E-state index in [4.69, 9.17) is 4.74 Å². The van der Waals surface area contributed by atoms with E-state index in [0.717, 1.165) is 19.3 Å².